The number of aryl methyl sites for hydroxylation is 1. The first-order chi connectivity index (χ1) is 12.8. The molecule has 0 aromatic heterocycles. The molecule has 3 heterocycles. The van der Waals surface area contributed by atoms with E-state index in [1.54, 1.807) is 17.0 Å². The van der Waals surface area contributed by atoms with Gasteiger partial charge in [0, 0.05) is 6.42 Å². The summed E-state index contributed by atoms with van der Waals surface area (Å²) in [5.41, 5.74) is 0.381. The summed E-state index contributed by atoms with van der Waals surface area (Å²) >= 11 is 0. The highest BCUT2D eigenvalue weighted by atomic mass is 16.6. The third kappa shape index (κ3) is 3.60. The fraction of sp³-hybridized carbons (Fsp3) is 0.529. The van der Waals surface area contributed by atoms with Gasteiger partial charge in [0.2, 0.25) is 5.91 Å². The largest absolute Gasteiger partial charge is 0.669 e. The summed E-state index contributed by atoms with van der Waals surface area (Å²) in [5.74, 6) is -0.731. The summed E-state index contributed by atoms with van der Waals surface area (Å²) in [5, 5.41) is 32.2. The van der Waals surface area contributed by atoms with Gasteiger partial charge in [0.05, 0.1) is 18.8 Å². The van der Waals surface area contributed by atoms with Crippen molar-refractivity contribution in [2.45, 2.75) is 25.3 Å². The van der Waals surface area contributed by atoms with Crippen molar-refractivity contribution < 1.29 is 34.1 Å². The fourth-order valence-corrected chi connectivity index (χ4v) is 3.60. The second-order valence-corrected chi connectivity index (χ2v) is 7.51. The van der Waals surface area contributed by atoms with E-state index in [2.05, 4.69) is 5.32 Å². The second-order valence-electron chi connectivity index (χ2n) is 7.51. The molecule has 4 rings (SSSR count). The Labute approximate surface area is 155 Å². The molecular formula is C17H22BN2O7-. The summed E-state index contributed by atoms with van der Waals surface area (Å²) in [6.07, 6.45) is 0.545. The molecule has 0 atom stereocenters. The van der Waals surface area contributed by atoms with Crippen LogP contribution in [0.3, 0.4) is 0 Å². The maximum Gasteiger partial charge on any atom is 0.430 e. The standard InChI is InChI=1S/C17H22BN2O7/c21-14(5-10-6-19-7-10)20-8-12(9-20)26-13-2-1-11-3-4-18(24,25)27-16(11)15(13)17(22)23/h1-2,10,12,19,24-25H,3-9H2,(H,22,23)/q-1. The zero-order chi connectivity index (χ0) is 19.2. The third-order valence-corrected chi connectivity index (χ3v) is 5.33. The lowest BCUT2D eigenvalue weighted by molar-refractivity contribution is -0.141. The number of carboxylic acid groups (broad SMARTS) is 1. The smallest absolute Gasteiger partial charge is 0.430 e. The number of nitrogens with one attached hydrogen (secondary N) is 1. The molecule has 3 aliphatic rings. The third-order valence-electron chi connectivity index (χ3n) is 5.33. The van der Waals surface area contributed by atoms with Crippen LogP contribution in [0.1, 0.15) is 22.3 Å². The van der Waals surface area contributed by atoms with Crippen molar-refractivity contribution in [2.24, 2.45) is 5.92 Å². The number of carbonyl (C=O) groups is 2. The van der Waals surface area contributed by atoms with Gasteiger partial charge in [-0.1, -0.05) is 12.4 Å². The van der Waals surface area contributed by atoms with Crippen molar-refractivity contribution in [3.05, 3.63) is 23.3 Å². The molecular weight excluding hydrogens is 355 g/mol. The molecule has 0 spiro atoms. The van der Waals surface area contributed by atoms with Crippen molar-refractivity contribution in [1.29, 1.82) is 0 Å². The maximum absolute atomic E-state index is 12.1. The van der Waals surface area contributed by atoms with E-state index in [0.29, 0.717) is 37.4 Å². The molecule has 1 aromatic carbocycles. The molecule has 4 N–H and O–H groups in total. The zero-order valence-corrected chi connectivity index (χ0v) is 14.8. The number of amides is 1. The van der Waals surface area contributed by atoms with Crippen LogP contribution in [0.2, 0.25) is 6.32 Å². The molecule has 10 heteroatoms. The van der Waals surface area contributed by atoms with E-state index < -0.39 is 12.7 Å². The number of benzene rings is 1. The van der Waals surface area contributed by atoms with Gasteiger partial charge >= 0.3 is 12.7 Å². The number of aromatic carboxylic acids is 1. The molecule has 0 aliphatic carbocycles. The van der Waals surface area contributed by atoms with Crippen LogP contribution in [0.15, 0.2) is 12.1 Å². The average molecular weight is 377 g/mol. The quantitative estimate of drug-likeness (QED) is 0.503. The number of fused-ring (bicyclic) bond motifs is 1. The number of nitrogens with zero attached hydrogens (tertiary/aromatic N) is 1. The Bertz CT molecular complexity index is 775. The molecule has 2 saturated heterocycles. The number of hydrogen-bond acceptors (Lipinski definition) is 7. The minimum absolute atomic E-state index is 0.0163. The van der Waals surface area contributed by atoms with Gasteiger partial charge in [0.25, 0.3) is 0 Å². The molecule has 9 nitrogen and oxygen atoms in total. The average Bonchev–Trinajstić information content (AvgIpc) is 2.52. The van der Waals surface area contributed by atoms with Crippen LogP contribution >= 0.6 is 0 Å². The molecule has 2 fully saturated rings. The lowest BCUT2D eigenvalue weighted by Crippen LogP contribution is -2.57. The number of ether oxygens (including phenoxy) is 1. The molecule has 0 saturated carbocycles. The van der Waals surface area contributed by atoms with Gasteiger partial charge in [-0.25, -0.2) is 4.79 Å². The first kappa shape index (κ1) is 18.1. The Morgan fingerprint density at radius 3 is 2.67 bits per heavy atom. The summed E-state index contributed by atoms with van der Waals surface area (Å²) < 4.78 is 10.9. The number of hydrogen-bond donors (Lipinski definition) is 4. The molecule has 27 heavy (non-hydrogen) atoms. The Kier molecular flexibility index (Phi) is 4.49. The summed E-state index contributed by atoms with van der Waals surface area (Å²) in [7, 11) is 0. The van der Waals surface area contributed by atoms with Crippen molar-refractivity contribution >= 4 is 18.6 Å². The Morgan fingerprint density at radius 1 is 1.30 bits per heavy atom. The van der Waals surface area contributed by atoms with Crippen molar-refractivity contribution in [2.75, 3.05) is 26.2 Å². The van der Waals surface area contributed by atoms with Crippen LogP contribution in [-0.2, 0) is 11.2 Å². The van der Waals surface area contributed by atoms with Crippen LogP contribution in [-0.4, -0.2) is 71.0 Å². The molecule has 146 valence electrons. The Morgan fingerprint density at radius 2 is 2.04 bits per heavy atom. The van der Waals surface area contributed by atoms with Gasteiger partial charge in [-0.15, -0.1) is 0 Å². The SMILES string of the molecule is O=C(O)c1c(OC2CN(C(=O)CC3CNC3)C2)ccc2c1O[B-](O)(O)CC2. The minimum atomic E-state index is -3.07. The summed E-state index contributed by atoms with van der Waals surface area (Å²) in [4.78, 5) is 25.6. The number of carboxylic acids is 1. The van der Waals surface area contributed by atoms with Crippen LogP contribution in [0, 0.1) is 5.92 Å². The Hall–Kier alpha value is -2.30. The number of carbonyl (C=O) groups excluding carboxylic acids is 1. The monoisotopic (exact) mass is 377 g/mol. The minimum Gasteiger partial charge on any atom is -0.669 e. The van der Waals surface area contributed by atoms with Gasteiger partial charge in [-0.3, -0.25) is 4.79 Å². The van der Waals surface area contributed by atoms with Crippen LogP contribution < -0.4 is 14.7 Å². The van der Waals surface area contributed by atoms with Crippen molar-refractivity contribution in [3.63, 3.8) is 0 Å². The molecule has 0 radical (unpaired) electrons. The van der Waals surface area contributed by atoms with Crippen molar-refractivity contribution in [1.82, 2.24) is 10.2 Å². The van der Waals surface area contributed by atoms with E-state index in [-0.39, 0.29) is 35.4 Å². The summed E-state index contributed by atoms with van der Waals surface area (Å²) in [6, 6.07) is 3.23. The van der Waals surface area contributed by atoms with Crippen LogP contribution in [0.5, 0.6) is 11.5 Å². The van der Waals surface area contributed by atoms with Crippen LogP contribution in [0.4, 0.5) is 0 Å². The lowest BCUT2D eigenvalue weighted by Gasteiger charge is -2.41. The highest BCUT2D eigenvalue weighted by Crippen LogP contribution is 2.39. The van der Waals surface area contributed by atoms with Gasteiger partial charge in [-0.2, -0.15) is 0 Å². The number of likely N-dealkylation sites (tertiary alicyclic amines) is 1. The predicted octanol–water partition coefficient (Wildman–Crippen LogP) is -0.558. The predicted molar refractivity (Wildman–Crippen MR) is 94.7 cm³/mol. The highest BCUT2D eigenvalue weighted by Gasteiger charge is 2.37. The number of rotatable bonds is 5. The highest BCUT2D eigenvalue weighted by molar-refractivity contribution is 6.59. The van der Waals surface area contributed by atoms with Gasteiger partial charge in [-0.05, 0) is 37.1 Å². The lowest BCUT2D eigenvalue weighted by atomic mass is 9.70. The maximum atomic E-state index is 12.1. The van der Waals surface area contributed by atoms with Gasteiger partial charge < -0.3 is 34.8 Å². The summed E-state index contributed by atoms with van der Waals surface area (Å²) in [6.45, 7) is -0.516. The van der Waals surface area contributed by atoms with E-state index in [0.717, 1.165) is 13.1 Å². The van der Waals surface area contributed by atoms with Crippen LogP contribution in [0.25, 0.3) is 0 Å². The molecule has 1 amide bonds. The second kappa shape index (κ2) is 6.70. The van der Waals surface area contributed by atoms with Gasteiger partial charge in [0.1, 0.15) is 17.4 Å². The normalized spacial score (nSPS) is 21.5. The first-order valence-electron chi connectivity index (χ1n) is 9.16. The van der Waals surface area contributed by atoms with E-state index >= 15 is 0 Å². The molecule has 0 bridgehead atoms. The fourth-order valence-electron chi connectivity index (χ4n) is 3.60. The zero-order valence-electron chi connectivity index (χ0n) is 14.8. The van der Waals surface area contributed by atoms with E-state index in [9.17, 15) is 24.7 Å². The Balaban J connectivity index is 1.44. The van der Waals surface area contributed by atoms with Gasteiger partial charge in [0.15, 0.2) is 0 Å². The van der Waals surface area contributed by atoms with E-state index in [1.807, 2.05) is 0 Å². The first-order valence-corrected chi connectivity index (χ1v) is 9.16. The van der Waals surface area contributed by atoms with E-state index in [1.165, 1.54) is 0 Å². The van der Waals surface area contributed by atoms with Crippen molar-refractivity contribution in [3.8, 4) is 11.5 Å². The molecule has 0 unspecified atom stereocenters. The molecule has 3 aliphatic heterocycles. The molecule has 1 aromatic rings. The van der Waals surface area contributed by atoms with E-state index in [4.69, 9.17) is 9.39 Å². The topological polar surface area (TPSA) is 129 Å².